The van der Waals surface area contributed by atoms with E-state index in [2.05, 4.69) is 5.32 Å². The molecule has 1 N–H and O–H groups in total. The highest BCUT2D eigenvalue weighted by Gasteiger charge is 2.30. The predicted octanol–water partition coefficient (Wildman–Crippen LogP) is 3.50. The minimum Gasteiger partial charge on any atom is -0.494 e. The molecule has 0 bridgehead atoms. The first-order valence-electron chi connectivity index (χ1n) is 8.74. The monoisotopic (exact) mass is 390 g/mol. The van der Waals surface area contributed by atoms with Crippen molar-refractivity contribution in [3.05, 3.63) is 53.6 Å². The Kier molecular flexibility index (Phi) is 6.49. The quantitative estimate of drug-likeness (QED) is 0.785. The van der Waals surface area contributed by atoms with Crippen LogP contribution in [0.25, 0.3) is 0 Å². The lowest BCUT2D eigenvalue weighted by Crippen LogP contribution is -2.45. The molecule has 0 aromatic heterocycles. The number of amides is 1. The van der Waals surface area contributed by atoms with Crippen LogP contribution < -0.4 is 14.4 Å². The predicted molar refractivity (Wildman–Crippen MR) is 109 cm³/mol. The average molecular weight is 391 g/mol. The summed E-state index contributed by atoms with van der Waals surface area (Å²) in [6.45, 7) is 7.73. The highest BCUT2D eigenvalue weighted by molar-refractivity contribution is 7.92. The Labute approximate surface area is 161 Å². The Morgan fingerprint density at radius 1 is 1.15 bits per heavy atom. The van der Waals surface area contributed by atoms with E-state index >= 15 is 0 Å². The number of hydrogen-bond donors (Lipinski definition) is 1. The van der Waals surface area contributed by atoms with Crippen LogP contribution in [0.2, 0.25) is 0 Å². The molecule has 0 aliphatic rings. The fraction of sp³-hybridized carbons (Fsp3) is 0.350. The first kappa shape index (κ1) is 20.8. The largest absolute Gasteiger partial charge is 0.494 e. The van der Waals surface area contributed by atoms with Gasteiger partial charge in [-0.25, -0.2) is 8.42 Å². The lowest BCUT2D eigenvalue weighted by Gasteiger charge is -2.29. The number of hydrogen-bond acceptors (Lipinski definition) is 4. The van der Waals surface area contributed by atoms with Gasteiger partial charge in [0.25, 0.3) is 0 Å². The zero-order valence-electron chi connectivity index (χ0n) is 16.3. The van der Waals surface area contributed by atoms with Crippen molar-refractivity contribution in [2.45, 2.75) is 33.7 Å². The molecule has 6 nitrogen and oxygen atoms in total. The number of rotatable bonds is 7. The number of ether oxygens (including phenoxy) is 1. The normalized spacial score (nSPS) is 12.3. The van der Waals surface area contributed by atoms with Crippen LogP contribution in [0.5, 0.6) is 5.75 Å². The zero-order valence-corrected chi connectivity index (χ0v) is 17.1. The third-order valence-electron chi connectivity index (χ3n) is 4.12. The fourth-order valence-electron chi connectivity index (χ4n) is 2.79. The summed E-state index contributed by atoms with van der Waals surface area (Å²) >= 11 is 0. The van der Waals surface area contributed by atoms with Gasteiger partial charge in [-0.15, -0.1) is 0 Å². The summed E-state index contributed by atoms with van der Waals surface area (Å²) in [7, 11) is -3.66. The number of carbonyl (C=O) groups is 1. The summed E-state index contributed by atoms with van der Waals surface area (Å²) in [5.41, 5.74) is 2.78. The molecule has 0 saturated heterocycles. The molecule has 1 amide bonds. The van der Waals surface area contributed by atoms with Gasteiger partial charge in [0.2, 0.25) is 15.9 Å². The second-order valence-corrected chi connectivity index (χ2v) is 8.33. The maximum atomic E-state index is 12.7. The third kappa shape index (κ3) is 5.23. The molecular formula is C20H26N2O4S. The van der Waals surface area contributed by atoms with Crippen LogP contribution in [0.3, 0.4) is 0 Å². The molecule has 1 atom stereocenters. The maximum absolute atomic E-state index is 12.7. The molecular weight excluding hydrogens is 364 g/mol. The molecule has 0 unspecified atom stereocenters. The molecule has 0 heterocycles. The highest BCUT2D eigenvalue weighted by Crippen LogP contribution is 2.27. The van der Waals surface area contributed by atoms with Crippen molar-refractivity contribution in [1.82, 2.24) is 0 Å². The first-order valence-corrected chi connectivity index (χ1v) is 10.6. The van der Waals surface area contributed by atoms with Crippen LogP contribution in [-0.4, -0.2) is 33.2 Å². The molecule has 0 spiro atoms. The standard InChI is InChI=1S/C20H26N2O4S/c1-6-26-18-11-9-17(10-12-18)21-20(23)16(4)22(27(5,24)25)19-13-14(2)7-8-15(19)3/h7-13,16H,6H2,1-5H3,(H,21,23)/t16-/m0/s1. The number of anilines is 2. The summed E-state index contributed by atoms with van der Waals surface area (Å²) in [4.78, 5) is 12.7. The Morgan fingerprint density at radius 2 is 1.78 bits per heavy atom. The van der Waals surface area contributed by atoms with Gasteiger partial charge in [0, 0.05) is 5.69 Å². The van der Waals surface area contributed by atoms with Gasteiger partial charge >= 0.3 is 0 Å². The van der Waals surface area contributed by atoms with Crippen LogP contribution in [-0.2, 0) is 14.8 Å². The van der Waals surface area contributed by atoms with E-state index in [9.17, 15) is 13.2 Å². The Morgan fingerprint density at radius 3 is 2.33 bits per heavy atom. The van der Waals surface area contributed by atoms with Crippen molar-refractivity contribution in [2.75, 3.05) is 22.5 Å². The summed E-state index contributed by atoms with van der Waals surface area (Å²) < 4.78 is 31.4. The van der Waals surface area contributed by atoms with Crippen LogP contribution in [0, 0.1) is 13.8 Å². The number of benzene rings is 2. The van der Waals surface area contributed by atoms with Crippen LogP contribution >= 0.6 is 0 Å². The van der Waals surface area contributed by atoms with Gasteiger partial charge in [0.1, 0.15) is 11.8 Å². The van der Waals surface area contributed by atoms with Crippen molar-refractivity contribution < 1.29 is 17.9 Å². The van der Waals surface area contributed by atoms with Crippen molar-refractivity contribution in [3.63, 3.8) is 0 Å². The molecule has 2 rings (SSSR count). The smallest absolute Gasteiger partial charge is 0.247 e. The lowest BCUT2D eigenvalue weighted by atomic mass is 10.1. The molecule has 2 aromatic carbocycles. The van der Waals surface area contributed by atoms with E-state index < -0.39 is 22.0 Å². The van der Waals surface area contributed by atoms with E-state index in [1.54, 1.807) is 37.3 Å². The minimum atomic E-state index is -3.66. The molecule has 0 aliphatic heterocycles. The van der Waals surface area contributed by atoms with E-state index in [1.807, 2.05) is 32.9 Å². The second-order valence-electron chi connectivity index (χ2n) is 6.47. The molecule has 0 aliphatic carbocycles. The fourth-order valence-corrected chi connectivity index (χ4v) is 4.01. The van der Waals surface area contributed by atoms with E-state index in [1.165, 1.54) is 4.31 Å². The SMILES string of the molecule is CCOc1ccc(NC(=O)[C@H](C)N(c2cc(C)ccc2C)S(C)(=O)=O)cc1. The zero-order chi connectivity index (χ0) is 20.2. The van der Waals surface area contributed by atoms with E-state index in [0.29, 0.717) is 23.7 Å². The molecule has 27 heavy (non-hydrogen) atoms. The summed E-state index contributed by atoms with van der Waals surface area (Å²) in [6, 6.07) is 11.6. The van der Waals surface area contributed by atoms with Crippen molar-refractivity contribution >= 4 is 27.3 Å². The number of carbonyl (C=O) groups excluding carboxylic acids is 1. The van der Waals surface area contributed by atoms with Gasteiger partial charge in [-0.1, -0.05) is 12.1 Å². The lowest BCUT2D eigenvalue weighted by molar-refractivity contribution is -0.116. The molecule has 0 fully saturated rings. The van der Waals surface area contributed by atoms with Crippen LogP contribution in [0.15, 0.2) is 42.5 Å². The summed E-state index contributed by atoms with van der Waals surface area (Å²) in [6.07, 6.45) is 1.11. The topological polar surface area (TPSA) is 75.7 Å². The van der Waals surface area contributed by atoms with Gasteiger partial charge < -0.3 is 10.1 Å². The average Bonchev–Trinajstić information content (AvgIpc) is 2.59. The Bertz CT molecular complexity index is 908. The van der Waals surface area contributed by atoms with Gasteiger partial charge in [-0.2, -0.15) is 0 Å². The van der Waals surface area contributed by atoms with Crippen molar-refractivity contribution in [2.24, 2.45) is 0 Å². The highest BCUT2D eigenvalue weighted by atomic mass is 32.2. The van der Waals surface area contributed by atoms with E-state index in [0.717, 1.165) is 17.4 Å². The third-order valence-corrected chi connectivity index (χ3v) is 5.35. The first-order chi connectivity index (χ1) is 12.6. The van der Waals surface area contributed by atoms with Crippen molar-refractivity contribution in [1.29, 1.82) is 0 Å². The number of nitrogens with one attached hydrogen (secondary N) is 1. The van der Waals surface area contributed by atoms with E-state index in [4.69, 9.17) is 4.74 Å². The number of aryl methyl sites for hydroxylation is 2. The van der Waals surface area contributed by atoms with Gasteiger partial charge in [0.15, 0.2) is 0 Å². The minimum absolute atomic E-state index is 0.412. The second kappa shape index (κ2) is 8.43. The molecule has 0 radical (unpaired) electrons. The summed E-state index contributed by atoms with van der Waals surface area (Å²) in [5, 5.41) is 2.77. The van der Waals surface area contributed by atoms with Crippen LogP contribution in [0.4, 0.5) is 11.4 Å². The maximum Gasteiger partial charge on any atom is 0.247 e. The van der Waals surface area contributed by atoms with Gasteiger partial charge in [-0.05, 0) is 69.2 Å². The van der Waals surface area contributed by atoms with E-state index in [-0.39, 0.29) is 0 Å². The number of sulfonamides is 1. The molecule has 0 saturated carbocycles. The van der Waals surface area contributed by atoms with Crippen molar-refractivity contribution in [3.8, 4) is 5.75 Å². The summed E-state index contributed by atoms with van der Waals surface area (Å²) in [5.74, 6) is 0.294. The van der Waals surface area contributed by atoms with Crippen LogP contribution in [0.1, 0.15) is 25.0 Å². The molecule has 2 aromatic rings. The Hall–Kier alpha value is -2.54. The number of nitrogens with zero attached hydrogens (tertiary/aromatic N) is 1. The van der Waals surface area contributed by atoms with Gasteiger partial charge in [-0.3, -0.25) is 9.10 Å². The molecule has 7 heteroatoms. The molecule has 146 valence electrons. The van der Waals surface area contributed by atoms with Gasteiger partial charge in [0.05, 0.1) is 18.6 Å². The Balaban J connectivity index is 2.28.